The minimum absolute atomic E-state index is 0.0227. The summed E-state index contributed by atoms with van der Waals surface area (Å²) in [5, 5.41) is 10.7. The maximum absolute atomic E-state index is 12.6. The second-order valence-corrected chi connectivity index (χ2v) is 8.69. The van der Waals surface area contributed by atoms with Crippen LogP contribution in [-0.2, 0) is 23.1 Å². The third kappa shape index (κ3) is 4.57. The molecule has 0 unspecified atom stereocenters. The van der Waals surface area contributed by atoms with Gasteiger partial charge in [-0.3, -0.25) is 15.1 Å². The number of sulfonamides is 1. The van der Waals surface area contributed by atoms with Crippen LogP contribution in [0.25, 0.3) is 16.8 Å². The Hall–Kier alpha value is -3.31. The lowest BCUT2D eigenvalue weighted by Gasteiger charge is -2.20. The van der Waals surface area contributed by atoms with Crippen LogP contribution in [0.5, 0.6) is 0 Å². The van der Waals surface area contributed by atoms with Crippen molar-refractivity contribution in [3.8, 4) is 11.1 Å². The first-order valence-electron chi connectivity index (χ1n) is 9.08. The molecule has 7 nitrogen and oxygen atoms in total. The lowest BCUT2D eigenvalue weighted by atomic mass is 10.0. The molecule has 1 aliphatic heterocycles. The summed E-state index contributed by atoms with van der Waals surface area (Å²) in [7, 11) is -3.82. The normalized spacial score (nSPS) is 13.7. The van der Waals surface area contributed by atoms with Crippen molar-refractivity contribution in [1.29, 1.82) is 0 Å². The number of halogens is 3. The molecular formula is C20H18F3N5O2S. The van der Waals surface area contributed by atoms with E-state index in [4.69, 9.17) is 5.14 Å². The maximum Gasteiger partial charge on any atom is 0.408 e. The molecule has 0 fully saturated rings. The molecule has 0 spiro atoms. The summed E-state index contributed by atoms with van der Waals surface area (Å²) in [5.74, 6) is 0. The quantitative estimate of drug-likeness (QED) is 0.621. The first kappa shape index (κ1) is 20.9. The van der Waals surface area contributed by atoms with E-state index in [0.29, 0.717) is 23.4 Å². The molecule has 3 aromatic rings. The summed E-state index contributed by atoms with van der Waals surface area (Å²) >= 11 is 0. The number of nitrogens with zero attached hydrogens (tertiary/aromatic N) is 3. The van der Waals surface area contributed by atoms with Crippen LogP contribution in [0.2, 0.25) is 0 Å². The number of alkyl halides is 3. The zero-order chi connectivity index (χ0) is 22.4. The van der Waals surface area contributed by atoms with Crippen molar-refractivity contribution in [1.82, 2.24) is 14.8 Å². The number of hydrogen-bond acceptors (Lipinski definition) is 5. The van der Waals surface area contributed by atoms with Gasteiger partial charge in [0.2, 0.25) is 10.0 Å². The summed E-state index contributed by atoms with van der Waals surface area (Å²) in [6, 6.07) is 11.9. The number of anilines is 1. The van der Waals surface area contributed by atoms with E-state index in [9.17, 15) is 21.6 Å². The Morgan fingerprint density at radius 3 is 2.65 bits per heavy atom. The average Bonchev–Trinajstić information content (AvgIpc) is 3.31. The van der Waals surface area contributed by atoms with Gasteiger partial charge in [0.1, 0.15) is 6.54 Å². The van der Waals surface area contributed by atoms with Crippen molar-refractivity contribution in [2.24, 2.45) is 5.14 Å². The number of primary sulfonamides is 1. The van der Waals surface area contributed by atoms with E-state index < -0.39 is 22.7 Å². The van der Waals surface area contributed by atoms with Gasteiger partial charge >= 0.3 is 6.18 Å². The lowest BCUT2D eigenvalue weighted by Crippen LogP contribution is -2.21. The molecule has 0 radical (unpaired) electrons. The summed E-state index contributed by atoms with van der Waals surface area (Å²) < 4.78 is 61.7. The third-order valence-corrected chi connectivity index (χ3v) is 5.73. The Balaban J connectivity index is 1.53. The molecule has 0 aliphatic carbocycles. The first-order chi connectivity index (χ1) is 14.5. The van der Waals surface area contributed by atoms with Crippen molar-refractivity contribution in [2.75, 3.05) is 5.43 Å². The number of nitrogens with two attached hydrogens (primary N) is 1. The van der Waals surface area contributed by atoms with Crippen molar-refractivity contribution >= 4 is 21.4 Å². The summed E-state index contributed by atoms with van der Waals surface area (Å²) in [6.07, 6.45) is -1.72. The van der Waals surface area contributed by atoms with Gasteiger partial charge < -0.3 is 0 Å². The molecule has 3 N–H and O–H groups in total. The lowest BCUT2D eigenvalue weighted by molar-refractivity contribution is -0.142. The fourth-order valence-corrected chi connectivity index (χ4v) is 3.88. The Morgan fingerprint density at radius 2 is 1.94 bits per heavy atom. The molecule has 0 saturated heterocycles. The van der Waals surface area contributed by atoms with E-state index in [-0.39, 0.29) is 4.90 Å². The average molecular weight is 449 g/mol. The van der Waals surface area contributed by atoms with Crippen LogP contribution in [0.1, 0.15) is 11.1 Å². The zero-order valence-electron chi connectivity index (χ0n) is 16.1. The van der Waals surface area contributed by atoms with E-state index in [1.165, 1.54) is 24.5 Å². The van der Waals surface area contributed by atoms with Gasteiger partial charge in [-0.1, -0.05) is 24.8 Å². The second kappa shape index (κ2) is 7.43. The number of rotatable bonds is 5. The largest absolute Gasteiger partial charge is 0.408 e. The number of benzene rings is 2. The van der Waals surface area contributed by atoms with Crippen LogP contribution in [0, 0.1) is 0 Å². The Labute approximate surface area is 176 Å². The van der Waals surface area contributed by atoms with Crippen molar-refractivity contribution in [3.63, 3.8) is 0 Å². The van der Waals surface area contributed by atoms with E-state index in [1.807, 2.05) is 18.2 Å². The number of hydrazine groups is 1. The van der Waals surface area contributed by atoms with Gasteiger partial charge in [0.15, 0.2) is 0 Å². The van der Waals surface area contributed by atoms with E-state index in [1.54, 1.807) is 17.1 Å². The Kier molecular flexibility index (Phi) is 5.02. The molecule has 0 atom stereocenters. The van der Waals surface area contributed by atoms with Gasteiger partial charge in [-0.2, -0.15) is 18.3 Å². The van der Waals surface area contributed by atoms with Gasteiger partial charge in [0.25, 0.3) is 0 Å². The molecule has 0 amide bonds. The molecule has 162 valence electrons. The van der Waals surface area contributed by atoms with E-state index >= 15 is 0 Å². The summed E-state index contributed by atoms with van der Waals surface area (Å²) in [6.45, 7) is 3.21. The van der Waals surface area contributed by atoms with Crippen LogP contribution in [0.15, 0.2) is 66.3 Å². The van der Waals surface area contributed by atoms with Gasteiger partial charge in [-0.15, -0.1) is 0 Å². The van der Waals surface area contributed by atoms with E-state index in [2.05, 4.69) is 17.1 Å². The molecule has 2 heterocycles. The van der Waals surface area contributed by atoms with Crippen LogP contribution in [0.4, 0.5) is 18.9 Å². The standard InChI is InChI=1S/C20H18F3N5O2S/c1-13(17-9-25-27(10-17)12-20(21,22)23)28-11-16-7-15(5-6-19(16)26-28)14-3-2-4-18(8-14)31(24,29)30/h2-10,26H,1,11-12H2,(H2,24,29,30). The monoisotopic (exact) mass is 449 g/mol. The molecular weight excluding hydrogens is 431 g/mol. The molecule has 0 saturated carbocycles. The number of hydrogen-bond donors (Lipinski definition) is 2. The molecule has 2 aromatic carbocycles. The minimum atomic E-state index is -4.36. The molecule has 4 rings (SSSR count). The SMILES string of the molecule is C=C(c1cnn(CC(F)(F)F)c1)N1Cc2cc(-c3cccc(S(N)(=O)=O)c3)ccc2N1. The van der Waals surface area contributed by atoms with Gasteiger partial charge in [0, 0.05) is 11.8 Å². The maximum atomic E-state index is 12.6. The molecule has 1 aliphatic rings. The van der Waals surface area contributed by atoms with E-state index in [0.717, 1.165) is 21.5 Å². The van der Waals surface area contributed by atoms with Crippen LogP contribution in [-0.4, -0.2) is 29.4 Å². The fraction of sp³-hybridized carbons (Fsp3) is 0.150. The van der Waals surface area contributed by atoms with Crippen molar-refractivity contribution in [3.05, 3.63) is 72.6 Å². The predicted molar refractivity (Wildman–Crippen MR) is 110 cm³/mol. The number of aromatic nitrogens is 2. The number of nitrogens with one attached hydrogen (secondary N) is 1. The highest BCUT2D eigenvalue weighted by Gasteiger charge is 2.29. The van der Waals surface area contributed by atoms with Gasteiger partial charge in [0.05, 0.1) is 29.0 Å². The highest BCUT2D eigenvalue weighted by Crippen LogP contribution is 2.34. The number of fused-ring (bicyclic) bond motifs is 1. The Bertz CT molecular complexity index is 1270. The van der Waals surface area contributed by atoms with Gasteiger partial charge in [-0.05, 0) is 41.0 Å². The summed E-state index contributed by atoms with van der Waals surface area (Å²) in [5.41, 5.74) is 7.33. The molecule has 1 aromatic heterocycles. The van der Waals surface area contributed by atoms with Gasteiger partial charge in [-0.25, -0.2) is 13.6 Å². The van der Waals surface area contributed by atoms with Crippen molar-refractivity contribution < 1.29 is 21.6 Å². The molecule has 11 heteroatoms. The highest BCUT2D eigenvalue weighted by molar-refractivity contribution is 7.89. The molecule has 0 bridgehead atoms. The third-order valence-electron chi connectivity index (χ3n) is 4.82. The molecule has 31 heavy (non-hydrogen) atoms. The predicted octanol–water partition coefficient (Wildman–Crippen LogP) is 3.57. The highest BCUT2D eigenvalue weighted by atomic mass is 32.2. The first-order valence-corrected chi connectivity index (χ1v) is 10.6. The minimum Gasteiger partial charge on any atom is -0.298 e. The zero-order valence-corrected chi connectivity index (χ0v) is 16.9. The van der Waals surface area contributed by atoms with Crippen LogP contribution in [0.3, 0.4) is 0 Å². The summed E-state index contributed by atoms with van der Waals surface area (Å²) in [4.78, 5) is 0.0227. The smallest absolute Gasteiger partial charge is 0.298 e. The Morgan fingerprint density at radius 1 is 1.19 bits per heavy atom. The van der Waals surface area contributed by atoms with Crippen LogP contribution >= 0.6 is 0 Å². The topological polar surface area (TPSA) is 93.2 Å². The fourth-order valence-electron chi connectivity index (χ4n) is 3.32. The second-order valence-electron chi connectivity index (χ2n) is 7.13. The van der Waals surface area contributed by atoms with Crippen molar-refractivity contribution in [2.45, 2.75) is 24.2 Å². The van der Waals surface area contributed by atoms with Crippen LogP contribution < -0.4 is 10.6 Å².